The predicted octanol–water partition coefficient (Wildman–Crippen LogP) is 5.16. The molecule has 0 radical (unpaired) electrons. The quantitative estimate of drug-likeness (QED) is 0.610. The molecule has 15 heavy (non-hydrogen) atoms. The lowest BCUT2D eigenvalue weighted by Crippen LogP contribution is -2.29. The minimum absolute atomic E-state index is 0.673. The molecule has 0 saturated heterocycles. The average molecular weight is 273 g/mol. The van der Waals surface area contributed by atoms with Gasteiger partial charge < -0.3 is 0 Å². The van der Waals surface area contributed by atoms with Gasteiger partial charge in [-0.05, 0) is 49.4 Å². The van der Waals surface area contributed by atoms with Crippen molar-refractivity contribution in [2.24, 2.45) is 17.3 Å². The summed E-state index contributed by atoms with van der Waals surface area (Å²) in [7, 11) is 0. The van der Waals surface area contributed by atoms with Crippen LogP contribution < -0.4 is 0 Å². The molecule has 2 aliphatic carbocycles. The summed E-state index contributed by atoms with van der Waals surface area (Å²) in [5.41, 5.74) is 0.673. The Labute approximate surface area is 103 Å². The Morgan fingerprint density at radius 2 is 1.80 bits per heavy atom. The van der Waals surface area contributed by atoms with E-state index in [2.05, 4.69) is 29.8 Å². The lowest BCUT2D eigenvalue weighted by atomic mass is 9.66. The molecule has 0 aromatic rings. The number of halogens is 1. The summed E-state index contributed by atoms with van der Waals surface area (Å²) in [6.07, 6.45) is 11.7. The fourth-order valence-corrected chi connectivity index (χ4v) is 4.80. The molecule has 2 rings (SSSR count). The molecular formula is C14H25Br. The van der Waals surface area contributed by atoms with Crippen LogP contribution in [0.5, 0.6) is 0 Å². The standard InChI is InChI=1S/C14H25Br/c1-3-11-4-6-12(7-5-11)14(2)9-8-13(15)10-14/h11-13H,3-10H2,1-2H3. The second kappa shape index (κ2) is 4.77. The highest BCUT2D eigenvalue weighted by molar-refractivity contribution is 9.09. The number of hydrogen-bond acceptors (Lipinski definition) is 0. The van der Waals surface area contributed by atoms with Crippen LogP contribution in [0.3, 0.4) is 0 Å². The molecule has 2 atom stereocenters. The van der Waals surface area contributed by atoms with Crippen molar-refractivity contribution in [3.8, 4) is 0 Å². The van der Waals surface area contributed by atoms with Crippen LogP contribution in [-0.4, -0.2) is 4.83 Å². The average Bonchev–Trinajstić information content (AvgIpc) is 2.60. The van der Waals surface area contributed by atoms with Crippen LogP contribution >= 0.6 is 15.9 Å². The third kappa shape index (κ3) is 2.60. The SMILES string of the molecule is CCC1CCC(C2(C)CCC(Br)C2)CC1. The van der Waals surface area contributed by atoms with Crippen LogP contribution in [0.4, 0.5) is 0 Å². The molecule has 1 heteroatoms. The first-order valence-corrected chi connectivity index (χ1v) is 7.69. The van der Waals surface area contributed by atoms with Crippen molar-refractivity contribution in [1.29, 1.82) is 0 Å². The van der Waals surface area contributed by atoms with E-state index in [9.17, 15) is 0 Å². The van der Waals surface area contributed by atoms with Crippen LogP contribution in [0.1, 0.15) is 65.2 Å². The molecule has 0 heterocycles. The van der Waals surface area contributed by atoms with Crippen LogP contribution in [0.15, 0.2) is 0 Å². The van der Waals surface area contributed by atoms with Crippen molar-refractivity contribution in [3.05, 3.63) is 0 Å². The first-order valence-electron chi connectivity index (χ1n) is 6.78. The molecule has 0 N–H and O–H groups in total. The summed E-state index contributed by atoms with van der Waals surface area (Å²) < 4.78 is 0. The third-order valence-corrected chi connectivity index (χ3v) is 5.91. The third-order valence-electron chi connectivity index (χ3n) is 5.13. The summed E-state index contributed by atoms with van der Waals surface area (Å²) in [5.74, 6) is 2.08. The smallest absolute Gasteiger partial charge is 0.0151 e. The lowest BCUT2D eigenvalue weighted by molar-refractivity contribution is 0.120. The highest BCUT2D eigenvalue weighted by Gasteiger charge is 2.41. The molecule has 2 saturated carbocycles. The molecule has 0 amide bonds. The number of rotatable bonds is 2. The zero-order valence-corrected chi connectivity index (χ0v) is 11.9. The molecule has 0 aliphatic heterocycles. The van der Waals surface area contributed by atoms with Gasteiger partial charge in [0.25, 0.3) is 0 Å². The van der Waals surface area contributed by atoms with Crippen molar-refractivity contribution < 1.29 is 0 Å². The van der Waals surface area contributed by atoms with E-state index in [4.69, 9.17) is 0 Å². The fourth-order valence-electron chi connectivity index (χ4n) is 3.83. The first-order chi connectivity index (χ1) is 7.14. The molecule has 2 fully saturated rings. The van der Waals surface area contributed by atoms with Gasteiger partial charge in [-0.15, -0.1) is 0 Å². The summed E-state index contributed by atoms with van der Waals surface area (Å²) in [5, 5.41) is 0. The second-order valence-corrected chi connectivity index (χ2v) is 7.41. The highest BCUT2D eigenvalue weighted by Crippen LogP contribution is 2.51. The van der Waals surface area contributed by atoms with Crippen molar-refractivity contribution in [1.82, 2.24) is 0 Å². The first kappa shape index (κ1) is 12.0. The van der Waals surface area contributed by atoms with Gasteiger partial charge in [0.05, 0.1) is 0 Å². The van der Waals surface area contributed by atoms with Crippen molar-refractivity contribution in [2.75, 3.05) is 0 Å². The lowest BCUT2D eigenvalue weighted by Gasteiger charge is -2.39. The van der Waals surface area contributed by atoms with Crippen molar-refractivity contribution in [2.45, 2.75) is 70.0 Å². The predicted molar refractivity (Wildman–Crippen MR) is 70.4 cm³/mol. The number of hydrogen-bond donors (Lipinski definition) is 0. The van der Waals surface area contributed by atoms with E-state index < -0.39 is 0 Å². The Hall–Kier alpha value is 0.480. The molecule has 0 bridgehead atoms. The van der Waals surface area contributed by atoms with E-state index in [0.717, 1.165) is 16.7 Å². The normalized spacial score (nSPS) is 47.0. The molecule has 0 aromatic heterocycles. The molecule has 0 spiro atoms. The van der Waals surface area contributed by atoms with Crippen LogP contribution in [0.2, 0.25) is 0 Å². The van der Waals surface area contributed by atoms with Gasteiger partial charge in [-0.2, -0.15) is 0 Å². The Bertz CT molecular complexity index is 205. The van der Waals surface area contributed by atoms with Crippen LogP contribution in [-0.2, 0) is 0 Å². The topological polar surface area (TPSA) is 0 Å². The Kier molecular flexibility index (Phi) is 3.80. The van der Waals surface area contributed by atoms with Gasteiger partial charge in [-0.1, -0.05) is 49.0 Å². The molecule has 2 aliphatic rings. The maximum absolute atomic E-state index is 3.81. The zero-order valence-electron chi connectivity index (χ0n) is 10.3. The maximum Gasteiger partial charge on any atom is 0.0151 e. The van der Waals surface area contributed by atoms with E-state index in [0.29, 0.717) is 5.41 Å². The van der Waals surface area contributed by atoms with Gasteiger partial charge in [-0.25, -0.2) is 0 Å². The fraction of sp³-hybridized carbons (Fsp3) is 1.00. The van der Waals surface area contributed by atoms with E-state index in [-0.39, 0.29) is 0 Å². The molecule has 0 aromatic carbocycles. The summed E-state index contributed by atoms with van der Waals surface area (Å²) in [6.45, 7) is 4.90. The summed E-state index contributed by atoms with van der Waals surface area (Å²) in [4.78, 5) is 0.811. The van der Waals surface area contributed by atoms with E-state index in [1.165, 1.54) is 51.4 Å². The molecule has 88 valence electrons. The van der Waals surface area contributed by atoms with E-state index >= 15 is 0 Å². The van der Waals surface area contributed by atoms with Crippen molar-refractivity contribution in [3.63, 3.8) is 0 Å². The van der Waals surface area contributed by atoms with Gasteiger partial charge >= 0.3 is 0 Å². The Morgan fingerprint density at radius 3 is 2.27 bits per heavy atom. The monoisotopic (exact) mass is 272 g/mol. The summed E-state index contributed by atoms with van der Waals surface area (Å²) >= 11 is 3.81. The zero-order chi connectivity index (χ0) is 10.9. The minimum Gasteiger partial charge on any atom is -0.0890 e. The van der Waals surface area contributed by atoms with Crippen LogP contribution in [0.25, 0.3) is 0 Å². The molecular weight excluding hydrogens is 248 g/mol. The van der Waals surface area contributed by atoms with E-state index in [1.54, 1.807) is 0 Å². The Balaban J connectivity index is 1.90. The number of alkyl halides is 1. The maximum atomic E-state index is 3.81. The van der Waals surface area contributed by atoms with Gasteiger partial charge in [0, 0.05) is 4.83 Å². The molecule has 2 unspecified atom stereocenters. The summed E-state index contributed by atoms with van der Waals surface area (Å²) in [6, 6.07) is 0. The van der Waals surface area contributed by atoms with Gasteiger partial charge in [0.1, 0.15) is 0 Å². The van der Waals surface area contributed by atoms with Gasteiger partial charge in [0.2, 0.25) is 0 Å². The second-order valence-electron chi connectivity index (χ2n) is 6.12. The van der Waals surface area contributed by atoms with Gasteiger partial charge in [0.15, 0.2) is 0 Å². The van der Waals surface area contributed by atoms with Crippen LogP contribution in [0, 0.1) is 17.3 Å². The minimum atomic E-state index is 0.673. The largest absolute Gasteiger partial charge is 0.0890 e. The highest BCUT2D eigenvalue weighted by atomic mass is 79.9. The Morgan fingerprint density at radius 1 is 1.13 bits per heavy atom. The van der Waals surface area contributed by atoms with Gasteiger partial charge in [-0.3, -0.25) is 0 Å². The molecule has 0 nitrogen and oxygen atoms in total. The van der Waals surface area contributed by atoms with E-state index in [1.807, 2.05) is 0 Å². The van der Waals surface area contributed by atoms with Crippen molar-refractivity contribution >= 4 is 15.9 Å².